The minimum atomic E-state index is -0.481. The number of nitrogens with zero attached hydrogens (tertiary/aromatic N) is 2. The number of carbonyl (C=O) groups excluding carboxylic acids is 3. The Labute approximate surface area is 272 Å². The Morgan fingerprint density at radius 2 is 1.39 bits per heavy atom. The number of carbonyl (C=O) groups is 3. The maximum atomic E-state index is 13.3. The van der Waals surface area contributed by atoms with Crippen LogP contribution in [-0.4, -0.2) is 122 Å². The van der Waals surface area contributed by atoms with Gasteiger partial charge in [0.25, 0.3) is 5.91 Å². The fourth-order valence-corrected chi connectivity index (χ4v) is 4.72. The van der Waals surface area contributed by atoms with Gasteiger partial charge in [0, 0.05) is 32.1 Å². The molecule has 13 heteroatoms. The van der Waals surface area contributed by atoms with Crippen LogP contribution in [-0.2, 0) is 38.1 Å². The first-order valence-corrected chi connectivity index (χ1v) is 15.6. The summed E-state index contributed by atoms with van der Waals surface area (Å²) in [6, 6.07) is 9.53. The Kier molecular flexibility index (Phi) is 18.5. The van der Waals surface area contributed by atoms with Gasteiger partial charge in [-0.3, -0.25) is 14.4 Å². The highest BCUT2D eigenvalue weighted by atomic mass is 16.6. The summed E-state index contributed by atoms with van der Waals surface area (Å²) in [6.07, 6.45) is 2.31. The highest BCUT2D eigenvalue weighted by molar-refractivity contribution is 5.98. The summed E-state index contributed by atoms with van der Waals surface area (Å²) in [5.41, 5.74) is 0.665. The standard InChI is InChI=1S/C33H50N4O9/c1-33(2,3)21-27(22-34)32(40)37-23-29(26-5-7-28(41-4)8-6-26)30(24-37)31(39)36-10-12-43-14-16-45-18-20-46-19-17-44-15-13-42-11-9-35-25-38/h5-8,21,25,29-30H,9-20,23-24H2,1-4H3,(H,35,38)(H,36,39)/b27-21+/t29-,30+/m0/s1. The van der Waals surface area contributed by atoms with Gasteiger partial charge in [-0.2, -0.15) is 5.26 Å². The molecule has 0 radical (unpaired) electrons. The molecule has 2 rings (SSSR count). The molecule has 2 atom stereocenters. The van der Waals surface area contributed by atoms with E-state index in [1.54, 1.807) is 18.1 Å². The van der Waals surface area contributed by atoms with Crippen molar-refractivity contribution in [2.45, 2.75) is 26.7 Å². The first-order chi connectivity index (χ1) is 22.2. The van der Waals surface area contributed by atoms with Gasteiger partial charge < -0.3 is 44.0 Å². The van der Waals surface area contributed by atoms with Gasteiger partial charge in [-0.05, 0) is 23.1 Å². The predicted octanol–water partition coefficient (Wildman–Crippen LogP) is 1.68. The number of ether oxygens (including phenoxy) is 6. The molecular formula is C33H50N4O9. The summed E-state index contributed by atoms with van der Waals surface area (Å²) >= 11 is 0. The van der Waals surface area contributed by atoms with E-state index in [0.717, 1.165) is 5.56 Å². The summed E-state index contributed by atoms with van der Waals surface area (Å²) in [6.45, 7) is 11.3. The Morgan fingerprint density at radius 3 is 1.87 bits per heavy atom. The van der Waals surface area contributed by atoms with E-state index in [0.29, 0.717) is 97.9 Å². The number of nitriles is 1. The average Bonchev–Trinajstić information content (AvgIpc) is 3.49. The number of likely N-dealkylation sites (tertiary alicyclic amines) is 1. The third-order valence-electron chi connectivity index (χ3n) is 6.92. The van der Waals surface area contributed by atoms with Crippen molar-refractivity contribution in [1.82, 2.24) is 15.5 Å². The first kappa shape index (κ1) is 38.6. The van der Waals surface area contributed by atoms with Crippen molar-refractivity contribution in [3.8, 4) is 11.8 Å². The zero-order chi connectivity index (χ0) is 33.6. The minimum absolute atomic E-state index is 0.0812. The van der Waals surface area contributed by atoms with Crippen LogP contribution in [0.4, 0.5) is 0 Å². The molecule has 1 saturated heterocycles. The lowest BCUT2D eigenvalue weighted by atomic mass is 9.88. The molecule has 256 valence electrons. The van der Waals surface area contributed by atoms with Crippen LogP contribution in [0.15, 0.2) is 35.9 Å². The average molecular weight is 647 g/mol. The van der Waals surface area contributed by atoms with Crippen LogP contribution in [0.5, 0.6) is 5.75 Å². The van der Waals surface area contributed by atoms with Crippen LogP contribution < -0.4 is 15.4 Å². The van der Waals surface area contributed by atoms with Crippen LogP contribution in [0.25, 0.3) is 0 Å². The lowest BCUT2D eigenvalue weighted by Crippen LogP contribution is -2.37. The van der Waals surface area contributed by atoms with Crippen molar-refractivity contribution in [2.75, 3.05) is 99.4 Å². The Bertz CT molecular complexity index is 1120. The minimum Gasteiger partial charge on any atom is -0.497 e. The fourth-order valence-electron chi connectivity index (χ4n) is 4.72. The SMILES string of the molecule is COc1ccc([C@@H]2CN(C(=O)/C(C#N)=C/C(C)(C)C)C[C@H]2C(=O)NCCOCCOCCOCCOCCOCCNC=O)cc1. The summed E-state index contributed by atoms with van der Waals surface area (Å²) in [7, 11) is 1.59. The van der Waals surface area contributed by atoms with Gasteiger partial charge in [-0.1, -0.05) is 39.0 Å². The van der Waals surface area contributed by atoms with E-state index in [1.807, 2.05) is 51.1 Å². The molecule has 0 bridgehead atoms. The molecule has 0 saturated carbocycles. The van der Waals surface area contributed by atoms with Gasteiger partial charge in [-0.15, -0.1) is 0 Å². The van der Waals surface area contributed by atoms with Crippen molar-refractivity contribution in [2.24, 2.45) is 11.3 Å². The van der Waals surface area contributed by atoms with Crippen LogP contribution in [0.2, 0.25) is 0 Å². The number of amides is 3. The second kappa shape index (κ2) is 22.1. The van der Waals surface area contributed by atoms with E-state index in [4.69, 9.17) is 28.4 Å². The zero-order valence-electron chi connectivity index (χ0n) is 27.6. The molecule has 0 spiro atoms. The van der Waals surface area contributed by atoms with Gasteiger partial charge in [0.15, 0.2) is 0 Å². The molecule has 0 aliphatic carbocycles. The number of nitrogens with one attached hydrogen (secondary N) is 2. The first-order valence-electron chi connectivity index (χ1n) is 15.6. The summed E-state index contributed by atoms with van der Waals surface area (Å²) in [5, 5.41) is 15.1. The van der Waals surface area contributed by atoms with Gasteiger partial charge in [0.05, 0.1) is 79.1 Å². The topological polar surface area (TPSA) is 158 Å². The summed E-state index contributed by atoms with van der Waals surface area (Å²) in [5.74, 6) is -0.546. The van der Waals surface area contributed by atoms with E-state index in [2.05, 4.69) is 10.6 Å². The van der Waals surface area contributed by atoms with E-state index < -0.39 is 5.92 Å². The monoisotopic (exact) mass is 646 g/mol. The highest BCUT2D eigenvalue weighted by Crippen LogP contribution is 2.35. The van der Waals surface area contributed by atoms with E-state index in [1.165, 1.54) is 0 Å². The van der Waals surface area contributed by atoms with Crippen molar-refractivity contribution in [1.29, 1.82) is 5.26 Å². The molecule has 1 aromatic carbocycles. The van der Waals surface area contributed by atoms with Crippen molar-refractivity contribution in [3.05, 3.63) is 41.5 Å². The fraction of sp³-hybridized carbons (Fsp3) is 0.636. The van der Waals surface area contributed by atoms with Crippen molar-refractivity contribution in [3.63, 3.8) is 0 Å². The van der Waals surface area contributed by atoms with Gasteiger partial charge in [0.2, 0.25) is 12.3 Å². The quantitative estimate of drug-likeness (QED) is 0.0776. The molecule has 3 amide bonds. The van der Waals surface area contributed by atoms with Crippen molar-refractivity contribution < 1.29 is 42.8 Å². The lowest BCUT2D eigenvalue weighted by molar-refractivity contribution is -0.127. The number of benzene rings is 1. The molecule has 0 aromatic heterocycles. The molecule has 2 N–H and O–H groups in total. The lowest BCUT2D eigenvalue weighted by Gasteiger charge is -2.18. The van der Waals surface area contributed by atoms with E-state index in [-0.39, 0.29) is 35.3 Å². The third kappa shape index (κ3) is 15.2. The number of rotatable bonds is 23. The largest absolute Gasteiger partial charge is 0.497 e. The summed E-state index contributed by atoms with van der Waals surface area (Å²) < 4.78 is 32.5. The number of methoxy groups -OCH3 is 1. The molecule has 1 aliphatic heterocycles. The van der Waals surface area contributed by atoms with Crippen LogP contribution in [0.1, 0.15) is 32.3 Å². The molecule has 13 nitrogen and oxygen atoms in total. The second-order valence-electron chi connectivity index (χ2n) is 11.7. The van der Waals surface area contributed by atoms with Gasteiger partial charge in [-0.25, -0.2) is 0 Å². The maximum absolute atomic E-state index is 13.3. The molecule has 46 heavy (non-hydrogen) atoms. The van der Waals surface area contributed by atoms with Crippen molar-refractivity contribution >= 4 is 18.2 Å². The van der Waals surface area contributed by atoms with Crippen LogP contribution >= 0.6 is 0 Å². The Hall–Kier alpha value is -3.54. The molecule has 0 unspecified atom stereocenters. The Balaban J connectivity index is 1.67. The highest BCUT2D eigenvalue weighted by Gasteiger charge is 2.41. The molecular weight excluding hydrogens is 596 g/mol. The van der Waals surface area contributed by atoms with Crippen LogP contribution in [0, 0.1) is 22.7 Å². The molecule has 1 aliphatic rings. The van der Waals surface area contributed by atoms with Gasteiger partial charge >= 0.3 is 0 Å². The van der Waals surface area contributed by atoms with E-state index >= 15 is 0 Å². The maximum Gasteiger partial charge on any atom is 0.264 e. The molecule has 1 heterocycles. The third-order valence-corrected chi connectivity index (χ3v) is 6.92. The second-order valence-corrected chi connectivity index (χ2v) is 11.7. The van der Waals surface area contributed by atoms with Crippen LogP contribution in [0.3, 0.4) is 0 Å². The Morgan fingerprint density at radius 1 is 0.870 bits per heavy atom. The van der Waals surface area contributed by atoms with Gasteiger partial charge in [0.1, 0.15) is 17.4 Å². The zero-order valence-corrected chi connectivity index (χ0v) is 27.6. The number of allylic oxidation sites excluding steroid dienone is 1. The normalized spacial score (nSPS) is 16.6. The predicted molar refractivity (Wildman–Crippen MR) is 170 cm³/mol. The molecule has 1 aromatic rings. The number of hydrogen-bond acceptors (Lipinski definition) is 10. The molecule has 1 fully saturated rings. The van der Waals surface area contributed by atoms with E-state index in [9.17, 15) is 19.6 Å². The summed E-state index contributed by atoms with van der Waals surface area (Å²) in [4.78, 5) is 38.3. The number of hydrogen-bond donors (Lipinski definition) is 2. The smallest absolute Gasteiger partial charge is 0.264 e.